The van der Waals surface area contributed by atoms with Crippen LogP contribution in [-0.2, 0) is 11.8 Å². The molecule has 19 heavy (non-hydrogen) atoms. The van der Waals surface area contributed by atoms with Gasteiger partial charge >= 0.3 is 6.49 Å². The summed E-state index contributed by atoms with van der Waals surface area (Å²) in [5.41, 5.74) is 1.05. The van der Waals surface area contributed by atoms with Crippen LogP contribution in [-0.4, -0.2) is 4.98 Å². The van der Waals surface area contributed by atoms with Crippen LogP contribution in [0.1, 0.15) is 0 Å². The zero-order chi connectivity index (χ0) is 12.9. The molecule has 2 aromatic carbocycles. The van der Waals surface area contributed by atoms with Crippen molar-refractivity contribution >= 4 is 34.5 Å². The minimum absolute atomic E-state index is 0.733. The third kappa shape index (κ3) is 1.61. The van der Waals surface area contributed by atoms with Gasteiger partial charge in [0, 0.05) is 17.1 Å². The topological polar surface area (TPSA) is 34.2 Å². The number of hydrogen-bond acceptors (Lipinski definition) is 3. The Hall–Kier alpha value is -1.77. The molecular weight excluding hydrogens is 277 g/mol. The third-order valence-electron chi connectivity index (χ3n) is 3.15. The second kappa shape index (κ2) is 3.86. The highest BCUT2D eigenvalue weighted by Crippen LogP contribution is 2.58. The lowest BCUT2D eigenvalue weighted by Gasteiger charge is -2.13. The van der Waals surface area contributed by atoms with Gasteiger partial charge in [-0.15, -0.1) is 0 Å². The lowest BCUT2D eigenvalue weighted by atomic mass is 10.2. The van der Waals surface area contributed by atoms with Crippen molar-refractivity contribution in [1.82, 2.24) is 4.98 Å². The maximum absolute atomic E-state index is 5.93. The molecule has 0 unspecified atom stereocenters. The Balaban J connectivity index is 1.88. The first-order chi connectivity index (χ1) is 9.26. The molecule has 2 heterocycles. The van der Waals surface area contributed by atoms with E-state index in [0.717, 1.165) is 27.7 Å². The third-order valence-corrected chi connectivity index (χ3v) is 6.02. The van der Waals surface area contributed by atoms with Gasteiger partial charge in [-0.1, -0.05) is 30.3 Å². The van der Waals surface area contributed by atoms with Gasteiger partial charge in [0.1, 0.15) is 0 Å². The van der Waals surface area contributed by atoms with E-state index in [-0.39, 0.29) is 0 Å². The van der Waals surface area contributed by atoms with Gasteiger partial charge in [0.15, 0.2) is 11.5 Å². The number of nitrogens with one attached hydrogen (secondary N) is 1. The first kappa shape index (κ1) is 11.1. The molecule has 0 radical (unpaired) electrons. The number of aromatic nitrogens is 1. The molecule has 3 nitrogen and oxygen atoms in total. The van der Waals surface area contributed by atoms with Crippen LogP contribution >= 0.6 is 6.49 Å². The zero-order valence-corrected chi connectivity index (χ0v) is 11.6. The van der Waals surface area contributed by atoms with Crippen molar-refractivity contribution in [1.29, 1.82) is 0 Å². The summed E-state index contributed by atoms with van der Waals surface area (Å²) in [5.74, 6) is 1.47. The van der Waals surface area contributed by atoms with E-state index in [9.17, 15) is 0 Å². The van der Waals surface area contributed by atoms with E-state index in [1.807, 2.05) is 54.7 Å². The van der Waals surface area contributed by atoms with Gasteiger partial charge in [0.2, 0.25) is 0 Å². The van der Waals surface area contributed by atoms with Gasteiger partial charge in [-0.05, 0) is 30.0 Å². The first-order valence-electron chi connectivity index (χ1n) is 5.91. The molecule has 0 bridgehead atoms. The second-order valence-electron chi connectivity index (χ2n) is 4.35. The maximum Gasteiger partial charge on any atom is 0.322 e. The van der Waals surface area contributed by atoms with Crippen LogP contribution in [0.4, 0.5) is 0 Å². The summed E-state index contributed by atoms with van der Waals surface area (Å²) in [6, 6.07) is 15.6. The van der Waals surface area contributed by atoms with Crippen LogP contribution in [0.15, 0.2) is 54.7 Å². The van der Waals surface area contributed by atoms with E-state index in [4.69, 9.17) is 20.9 Å². The molecule has 0 fully saturated rings. The van der Waals surface area contributed by atoms with Gasteiger partial charge in [-0.3, -0.25) is 0 Å². The molecule has 0 saturated heterocycles. The molecule has 1 N–H and O–H groups in total. The molecule has 5 heteroatoms. The number of rotatable bonds is 1. The quantitative estimate of drug-likeness (QED) is 0.695. The molecule has 1 aliphatic rings. The number of para-hydroxylation sites is 3. The molecule has 0 saturated carbocycles. The predicted octanol–water partition coefficient (Wildman–Crippen LogP) is 3.57. The minimum atomic E-state index is -2.50. The zero-order valence-electron chi connectivity index (χ0n) is 9.87. The van der Waals surface area contributed by atoms with Crippen LogP contribution in [0.3, 0.4) is 0 Å². The highest BCUT2D eigenvalue weighted by molar-refractivity contribution is 8.14. The van der Waals surface area contributed by atoms with Crippen LogP contribution < -0.4 is 14.4 Å². The van der Waals surface area contributed by atoms with Crippen molar-refractivity contribution in [3.05, 3.63) is 54.7 Å². The van der Waals surface area contributed by atoms with Crippen molar-refractivity contribution < 1.29 is 9.05 Å². The van der Waals surface area contributed by atoms with E-state index in [1.54, 1.807) is 0 Å². The average molecular weight is 287 g/mol. The molecule has 0 aliphatic carbocycles. The average Bonchev–Trinajstić information content (AvgIpc) is 2.98. The van der Waals surface area contributed by atoms with Crippen LogP contribution in [0.5, 0.6) is 11.5 Å². The molecular formula is C14H10NO2PS. The van der Waals surface area contributed by atoms with Crippen molar-refractivity contribution in [2.75, 3.05) is 0 Å². The number of benzene rings is 2. The summed E-state index contributed by atoms with van der Waals surface area (Å²) in [5, 5.41) is 2.01. The van der Waals surface area contributed by atoms with Gasteiger partial charge < -0.3 is 14.0 Å². The lowest BCUT2D eigenvalue weighted by Crippen LogP contribution is -2.08. The van der Waals surface area contributed by atoms with Crippen molar-refractivity contribution in [3.8, 4) is 11.5 Å². The van der Waals surface area contributed by atoms with E-state index in [0.29, 0.717) is 0 Å². The summed E-state index contributed by atoms with van der Waals surface area (Å²) in [6.45, 7) is -2.50. The monoisotopic (exact) mass is 287 g/mol. The van der Waals surface area contributed by atoms with E-state index < -0.39 is 6.49 Å². The predicted molar refractivity (Wildman–Crippen MR) is 79.9 cm³/mol. The van der Waals surface area contributed by atoms with Crippen molar-refractivity contribution in [2.45, 2.75) is 0 Å². The fourth-order valence-electron chi connectivity index (χ4n) is 2.26. The molecule has 0 atom stereocenters. The van der Waals surface area contributed by atoms with Gasteiger partial charge in [0.05, 0.1) is 5.30 Å². The SMILES string of the molecule is S=P1(c2c[nH]c3ccccc23)Oc2ccccc2O1. The molecule has 3 aromatic rings. The van der Waals surface area contributed by atoms with Crippen LogP contribution in [0.25, 0.3) is 10.9 Å². The fourth-order valence-corrected chi connectivity index (χ4v) is 4.96. The standard InChI is InChI=1S/C14H10NO2PS/c19-18(16-12-7-3-4-8-13(12)17-18)14-9-15-11-6-2-1-5-10(11)14/h1-9,15H. The van der Waals surface area contributed by atoms with Crippen LogP contribution in [0, 0.1) is 0 Å². The number of aromatic amines is 1. The summed E-state index contributed by atoms with van der Waals surface area (Å²) in [6.07, 6.45) is 1.90. The smallest absolute Gasteiger partial charge is 0.322 e. The summed E-state index contributed by atoms with van der Waals surface area (Å²) in [4.78, 5) is 3.22. The summed E-state index contributed by atoms with van der Waals surface area (Å²) >= 11 is 5.67. The Labute approximate surface area is 115 Å². The molecule has 1 aliphatic heterocycles. The molecule has 4 rings (SSSR count). The highest BCUT2D eigenvalue weighted by Gasteiger charge is 2.35. The Bertz CT molecular complexity index is 798. The molecule has 0 spiro atoms. The number of fused-ring (bicyclic) bond motifs is 2. The Kier molecular flexibility index (Phi) is 2.25. The molecule has 1 aromatic heterocycles. The second-order valence-corrected chi connectivity index (χ2v) is 7.63. The summed E-state index contributed by atoms with van der Waals surface area (Å²) in [7, 11) is 0. The van der Waals surface area contributed by atoms with Crippen LogP contribution in [0.2, 0.25) is 0 Å². The van der Waals surface area contributed by atoms with E-state index in [1.165, 1.54) is 0 Å². The van der Waals surface area contributed by atoms with E-state index >= 15 is 0 Å². The Morgan fingerprint density at radius 2 is 1.53 bits per heavy atom. The Morgan fingerprint density at radius 3 is 2.26 bits per heavy atom. The molecule has 94 valence electrons. The van der Waals surface area contributed by atoms with Crippen molar-refractivity contribution in [3.63, 3.8) is 0 Å². The maximum atomic E-state index is 5.93. The largest absolute Gasteiger partial charge is 0.428 e. The van der Waals surface area contributed by atoms with Crippen molar-refractivity contribution in [2.24, 2.45) is 0 Å². The van der Waals surface area contributed by atoms with Gasteiger partial charge in [0.25, 0.3) is 0 Å². The number of hydrogen-bond donors (Lipinski definition) is 1. The normalized spacial score (nSPS) is 15.8. The lowest BCUT2D eigenvalue weighted by molar-refractivity contribution is 0.584. The van der Waals surface area contributed by atoms with Gasteiger partial charge in [-0.25, -0.2) is 0 Å². The first-order valence-corrected chi connectivity index (χ1v) is 8.55. The van der Waals surface area contributed by atoms with E-state index in [2.05, 4.69) is 4.98 Å². The number of H-pyrrole nitrogens is 1. The fraction of sp³-hybridized carbons (Fsp3) is 0. The van der Waals surface area contributed by atoms with Gasteiger partial charge in [-0.2, -0.15) is 0 Å². The highest BCUT2D eigenvalue weighted by atomic mass is 32.5. The molecule has 0 amide bonds. The minimum Gasteiger partial charge on any atom is -0.428 e. The summed E-state index contributed by atoms with van der Waals surface area (Å²) < 4.78 is 11.9. The Morgan fingerprint density at radius 1 is 0.895 bits per heavy atom.